The monoisotopic (exact) mass is 339 g/mol. The molecule has 0 saturated carbocycles. The van der Waals surface area contributed by atoms with E-state index in [-0.39, 0.29) is 17.2 Å². The van der Waals surface area contributed by atoms with E-state index in [4.69, 9.17) is 4.74 Å². The van der Waals surface area contributed by atoms with Crippen LogP contribution in [-0.4, -0.2) is 28.1 Å². The molecule has 0 spiro atoms. The number of sulfonamides is 1. The first-order valence-corrected chi connectivity index (χ1v) is 7.97. The Morgan fingerprint density at radius 2 is 1.70 bits per heavy atom. The second-order valence-corrected chi connectivity index (χ2v) is 6.13. The summed E-state index contributed by atoms with van der Waals surface area (Å²) >= 11 is 0. The number of hydrogen-bond donors (Lipinski definition) is 1. The van der Waals surface area contributed by atoms with E-state index in [1.807, 2.05) is 0 Å². The van der Waals surface area contributed by atoms with Crippen LogP contribution < -0.4 is 9.46 Å². The Kier molecular flexibility index (Phi) is 5.17. The van der Waals surface area contributed by atoms with Gasteiger partial charge in [0.2, 0.25) is 0 Å². The van der Waals surface area contributed by atoms with Crippen LogP contribution >= 0.6 is 0 Å². The van der Waals surface area contributed by atoms with E-state index in [9.17, 15) is 17.6 Å². The maximum absolute atomic E-state index is 12.8. The molecule has 0 aliphatic heterocycles. The quantitative estimate of drug-likeness (QED) is 0.816. The largest absolute Gasteiger partial charge is 0.482 e. The maximum atomic E-state index is 12.8. The Labute approximate surface area is 132 Å². The molecule has 0 fully saturated rings. The summed E-state index contributed by atoms with van der Waals surface area (Å²) < 4.78 is 49.1. The summed E-state index contributed by atoms with van der Waals surface area (Å²) in [5.74, 6) is -0.670. The Bertz CT molecular complexity index is 773. The Hall–Kier alpha value is -2.61. The van der Waals surface area contributed by atoms with Crippen molar-refractivity contribution < 1.29 is 27.1 Å². The second-order valence-electron chi connectivity index (χ2n) is 4.45. The minimum Gasteiger partial charge on any atom is -0.482 e. The molecule has 122 valence electrons. The zero-order valence-electron chi connectivity index (χ0n) is 12.2. The van der Waals surface area contributed by atoms with Gasteiger partial charge >= 0.3 is 5.97 Å². The number of hydrogen-bond acceptors (Lipinski definition) is 5. The highest BCUT2D eigenvalue weighted by atomic mass is 32.2. The number of rotatable bonds is 6. The van der Waals surface area contributed by atoms with Crippen molar-refractivity contribution in [2.75, 3.05) is 18.4 Å². The van der Waals surface area contributed by atoms with E-state index >= 15 is 0 Å². The van der Waals surface area contributed by atoms with Gasteiger partial charge in [-0.05, 0) is 48.5 Å². The van der Waals surface area contributed by atoms with Crippen molar-refractivity contribution in [2.45, 2.75) is 4.90 Å². The predicted octanol–water partition coefficient (Wildman–Crippen LogP) is 2.18. The van der Waals surface area contributed by atoms with E-state index < -0.39 is 21.8 Å². The molecule has 0 aromatic heterocycles. The summed E-state index contributed by atoms with van der Waals surface area (Å²) in [6.07, 6.45) is 0. The van der Waals surface area contributed by atoms with Crippen LogP contribution in [0.1, 0.15) is 0 Å². The van der Waals surface area contributed by atoms with E-state index in [1.165, 1.54) is 43.5 Å². The lowest BCUT2D eigenvalue weighted by Crippen LogP contribution is -2.14. The van der Waals surface area contributed by atoms with Crippen molar-refractivity contribution in [1.29, 1.82) is 0 Å². The first-order valence-electron chi connectivity index (χ1n) is 6.49. The zero-order valence-corrected chi connectivity index (χ0v) is 13.0. The van der Waals surface area contributed by atoms with Gasteiger partial charge in [-0.15, -0.1) is 0 Å². The summed E-state index contributed by atoms with van der Waals surface area (Å²) in [5, 5.41) is 0. The minimum absolute atomic E-state index is 0.00671. The van der Waals surface area contributed by atoms with Gasteiger partial charge in [0.25, 0.3) is 10.0 Å². The SMILES string of the molecule is COC(=O)COc1ccc(S(=O)(=O)Nc2ccc(F)cc2)cc1. The van der Waals surface area contributed by atoms with E-state index in [0.717, 1.165) is 12.1 Å². The Morgan fingerprint density at radius 3 is 2.26 bits per heavy atom. The van der Waals surface area contributed by atoms with Crippen molar-refractivity contribution in [3.63, 3.8) is 0 Å². The number of methoxy groups -OCH3 is 1. The van der Waals surface area contributed by atoms with E-state index in [1.54, 1.807) is 0 Å². The molecule has 0 unspecified atom stereocenters. The second kappa shape index (κ2) is 7.10. The molecule has 2 aromatic carbocycles. The van der Waals surface area contributed by atoms with Gasteiger partial charge in [0.1, 0.15) is 11.6 Å². The van der Waals surface area contributed by atoms with Gasteiger partial charge in [0.15, 0.2) is 6.61 Å². The lowest BCUT2D eigenvalue weighted by molar-refractivity contribution is -0.142. The van der Waals surface area contributed by atoms with E-state index in [0.29, 0.717) is 5.75 Å². The highest BCUT2D eigenvalue weighted by Gasteiger charge is 2.14. The molecular weight excluding hydrogens is 325 g/mol. The van der Waals surface area contributed by atoms with Gasteiger partial charge in [-0.25, -0.2) is 17.6 Å². The summed E-state index contributed by atoms with van der Waals surface area (Å²) in [6, 6.07) is 10.5. The number of carbonyl (C=O) groups is 1. The van der Waals surface area contributed by atoms with Crippen LogP contribution in [0.3, 0.4) is 0 Å². The van der Waals surface area contributed by atoms with Crippen molar-refractivity contribution in [1.82, 2.24) is 0 Å². The van der Waals surface area contributed by atoms with Gasteiger partial charge < -0.3 is 9.47 Å². The minimum atomic E-state index is -3.80. The van der Waals surface area contributed by atoms with Crippen LogP contribution in [0.25, 0.3) is 0 Å². The first kappa shape index (κ1) is 16.8. The maximum Gasteiger partial charge on any atom is 0.343 e. The summed E-state index contributed by atoms with van der Waals surface area (Å²) in [5.41, 5.74) is 0.248. The van der Waals surface area contributed by atoms with Crippen LogP contribution in [0, 0.1) is 5.82 Å². The van der Waals surface area contributed by atoms with Crippen LogP contribution in [-0.2, 0) is 19.6 Å². The molecule has 0 aliphatic rings. The molecule has 0 atom stereocenters. The molecule has 0 heterocycles. The smallest absolute Gasteiger partial charge is 0.343 e. The van der Waals surface area contributed by atoms with Gasteiger partial charge in [-0.3, -0.25) is 4.72 Å². The average molecular weight is 339 g/mol. The van der Waals surface area contributed by atoms with Crippen molar-refractivity contribution in [3.8, 4) is 5.75 Å². The molecule has 0 aliphatic carbocycles. The fraction of sp³-hybridized carbons (Fsp3) is 0.133. The third kappa shape index (κ3) is 4.68. The molecule has 0 radical (unpaired) electrons. The molecule has 1 N–H and O–H groups in total. The molecule has 8 heteroatoms. The third-order valence-electron chi connectivity index (χ3n) is 2.81. The standard InChI is InChI=1S/C15H14FNO5S/c1-21-15(18)10-22-13-6-8-14(9-7-13)23(19,20)17-12-4-2-11(16)3-5-12/h2-9,17H,10H2,1H3. The molecule has 0 saturated heterocycles. The normalized spacial score (nSPS) is 10.9. The molecule has 23 heavy (non-hydrogen) atoms. The van der Waals surface area contributed by atoms with Crippen LogP contribution in [0.15, 0.2) is 53.4 Å². The summed E-state index contributed by atoms with van der Waals surface area (Å²) in [7, 11) is -2.56. The Morgan fingerprint density at radius 1 is 1.09 bits per heavy atom. The fourth-order valence-corrected chi connectivity index (χ4v) is 2.71. The number of esters is 1. The van der Waals surface area contributed by atoms with Crippen molar-refractivity contribution >= 4 is 21.7 Å². The first-order chi connectivity index (χ1) is 10.9. The lowest BCUT2D eigenvalue weighted by atomic mass is 10.3. The molecular formula is C15H14FNO5S. The summed E-state index contributed by atoms with van der Waals surface area (Å²) in [6.45, 7) is -0.267. The molecule has 0 amide bonds. The third-order valence-corrected chi connectivity index (χ3v) is 4.21. The number of halogens is 1. The van der Waals surface area contributed by atoms with Crippen molar-refractivity contribution in [2.24, 2.45) is 0 Å². The number of benzene rings is 2. The van der Waals surface area contributed by atoms with E-state index in [2.05, 4.69) is 9.46 Å². The highest BCUT2D eigenvalue weighted by Crippen LogP contribution is 2.19. The van der Waals surface area contributed by atoms with Gasteiger partial charge in [0, 0.05) is 5.69 Å². The fourth-order valence-electron chi connectivity index (χ4n) is 1.65. The van der Waals surface area contributed by atoms with Crippen molar-refractivity contribution in [3.05, 3.63) is 54.3 Å². The molecule has 0 bridgehead atoms. The number of anilines is 1. The molecule has 2 rings (SSSR count). The number of nitrogens with one attached hydrogen (secondary N) is 1. The number of carbonyl (C=O) groups excluding carboxylic acids is 1. The van der Waals surface area contributed by atoms with Gasteiger partial charge in [0.05, 0.1) is 12.0 Å². The van der Waals surface area contributed by atoms with Gasteiger partial charge in [-0.1, -0.05) is 0 Å². The predicted molar refractivity (Wildman–Crippen MR) is 81.2 cm³/mol. The van der Waals surface area contributed by atoms with Crippen LogP contribution in [0.4, 0.5) is 10.1 Å². The number of ether oxygens (including phenoxy) is 2. The topological polar surface area (TPSA) is 81.7 Å². The molecule has 6 nitrogen and oxygen atoms in total. The zero-order chi connectivity index (χ0) is 16.9. The average Bonchev–Trinajstić information content (AvgIpc) is 2.55. The van der Waals surface area contributed by atoms with Crippen LogP contribution in [0.2, 0.25) is 0 Å². The Balaban J connectivity index is 2.08. The molecule has 2 aromatic rings. The lowest BCUT2D eigenvalue weighted by Gasteiger charge is -2.09. The van der Waals surface area contributed by atoms with Crippen LogP contribution in [0.5, 0.6) is 5.75 Å². The van der Waals surface area contributed by atoms with Gasteiger partial charge in [-0.2, -0.15) is 0 Å². The summed E-state index contributed by atoms with van der Waals surface area (Å²) in [4.78, 5) is 11.0. The highest BCUT2D eigenvalue weighted by molar-refractivity contribution is 7.92.